The third kappa shape index (κ3) is 4.46. The Morgan fingerprint density at radius 3 is 2.86 bits per heavy atom. The Morgan fingerprint density at radius 2 is 2.05 bits per heavy atom. The van der Waals surface area contributed by atoms with Gasteiger partial charge in [-0.1, -0.05) is 37.5 Å². The molecule has 116 valence electrons. The van der Waals surface area contributed by atoms with E-state index in [4.69, 9.17) is 10.5 Å². The van der Waals surface area contributed by atoms with Crippen molar-refractivity contribution in [3.63, 3.8) is 0 Å². The zero-order chi connectivity index (χ0) is 15.1. The van der Waals surface area contributed by atoms with Gasteiger partial charge in [-0.05, 0) is 30.9 Å². The number of methoxy groups -OCH3 is 1. The van der Waals surface area contributed by atoms with Crippen molar-refractivity contribution in [3.8, 4) is 5.75 Å². The third-order valence-electron chi connectivity index (χ3n) is 4.29. The molecule has 21 heavy (non-hydrogen) atoms. The van der Waals surface area contributed by atoms with Crippen LogP contribution in [0.4, 0.5) is 0 Å². The van der Waals surface area contributed by atoms with Gasteiger partial charge in [0.15, 0.2) is 0 Å². The number of nitrogens with two attached hydrogens (primary N) is 1. The lowest BCUT2D eigenvalue weighted by atomic mass is 9.94. The number of hydrogen-bond acceptors (Lipinski definition) is 3. The second kappa shape index (κ2) is 8.03. The van der Waals surface area contributed by atoms with Gasteiger partial charge < -0.3 is 15.8 Å². The minimum atomic E-state index is -0.0230. The summed E-state index contributed by atoms with van der Waals surface area (Å²) in [6, 6.07) is 7.92. The van der Waals surface area contributed by atoms with E-state index in [1.165, 1.54) is 6.42 Å². The van der Waals surface area contributed by atoms with Gasteiger partial charge in [-0.2, -0.15) is 0 Å². The monoisotopic (exact) mass is 290 g/mol. The molecule has 0 saturated heterocycles. The van der Waals surface area contributed by atoms with Gasteiger partial charge in [-0.3, -0.25) is 4.79 Å². The van der Waals surface area contributed by atoms with E-state index in [1.807, 2.05) is 24.3 Å². The third-order valence-corrected chi connectivity index (χ3v) is 4.29. The van der Waals surface area contributed by atoms with Crippen molar-refractivity contribution in [1.29, 1.82) is 0 Å². The van der Waals surface area contributed by atoms with E-state index in [-0.39, 0.29) is 17.9 Å². The van der Waals surface area contributed by atoms with Crippen molar-refractivity contribution in [3.05, 3.63) is 29.8 Å². The van der Waals surface area contributed by atoms with Crippen molar-refractivity contribution in [2.75, 3.05) is 13.7 Å². The minimum absolute atomic E-state index is 0.0127. The van der Waals surface area contributed by atoms with Gasteiger partial charge in [0, 0.05) is 12.6 Å². The normalized spacial score (nSPS) is 22.4. The summed E-state index contributed by atoms with van der Waals surface area (Å²) >= 11 is 0. The molecule has 4 heteroatoms. The molecule has 1 aliphatic carbocycles. The van der Waals surface area contributed by atoms with Gasteiger partial charge in [0.2, 0.25) is 5.91 Å². The number of amides is 1. The van der Waals surface area contributed by atoms with Gasteiger partial charge in [-0.25, -0.2) is 0 Å². The van der Waals surface area contributed by atoms with Crippen LogP contribution < -0.4 is 15.8 Å². The second-order valence-electron chi connectivity index (χ2n) is 5.76. The maximum Gasteiger partial charge on any atom is 0.224 e. The van der Waals surface area contributed by atoms with Crippen LogP contribution in [0, 0.1) is 5.92 Å². The van der Waals surface area contributed by atoms with E-state index in [2.05, 4.69) is 5.32 Å². The second-order valence-corrected chi connectivity index (χ2v) is 5.76. The SMILES string of the molecule is COc1ccccc1CCNC(=O)C1CCCCCC1N. The van der Waals surface area contributed by atoms with E-state index < -0.39 is 0 Å². The summed E-state index contributed by atoms with van der Waals surface area (Å²) in [5.74, 6) is 0.961. The summed E-state index contributed by atoms with van der Waals surface area (Å²) in [4.78, 5) is 12.3. The molecule has 1 aliphatic rings. The van der Waals surface area contributed by atoms with Gasteiger partial charge >= 0.3 is 0 Å². The summed E-state index contributed by atoms with van der Waals surface area (Å²) < 4.78 is 5.32. The maximum atomic E-state index is 12.3. The highest BCUT2D eigenvalue weighted by Gasteiger charge is 2.26. The Bertz CT molecular complexity index is 462. The average molecular weight is 290 g/mol. The number of rotatable bonds is 5. The van der Waals surface area contributed by atoms with Crippen LogP contribution in [-0.4, -0.2) is 25.6 Å². The lowest BCUT2D eigenvalue weighted by molar-refractivity contribution is -0.125. The highest BCUT2D eigenvalue weighted by molar-refractivity contribution is 5.79. The summed E-state index contributed by atoms with van der Waals surface area (Å²) in [6.07, 6.45) is 6.10. The Hall–Kier alpha value is -1.55. The molecule has 0 radical (unpaired) electrons. The van der Waals surface area contributed by atoms with Crippen molar-refractivity contribution in [1.82, 2.24) is 5.32 Å². The lowest BCUT2D eigenvalue weighted by Crippen LogP contribution is -2.41. The molecule has 2 rings (SSSR count). The Kier molecular flexibility index (Phi) is 6.05. The van der Waals surface area contributed by atoms with E-state index in [0.29, 0.717) is 6.54 Å². The zero-order valence-electron chi connectivity index (χ0n) is 12.8. The fraction of sp³-hybridized carbons (Fsp3) is 0.588. The standard InChI is InChI=1S/C17H26N2O2/c1-21-16-10-6-5-7-13(16)11-12-19-17(20)14-8-3-2-4-9-15(14)18/h5-7,10,14-15H,2-4,8-9,11-12,18H2,1H3,(H,19,20). The van der Waals surface area contributed by atoms with Crippen molar-refractivity contribution < 1.29 is 9.53 Å². The first-order valence-corrected chi connectivity index (χ1v) is 7.87. The first-order valence-electron chi connectivity index (χ1n) is 7.87. The van der Waals surface area contributed by atoms with Crippen LogP contribution in [-0.2, 0) is 11.2 Å². The summed E-state index contributed by atoms with van der Waals surface area (Å²) in [5, 5.41) is 3.04. The molecule has 3 N–H and O–H groups in total. The highest BCUT2D eigenvalue weighted by atomic mass is 16.5. The molecular formula is C17H26N2O2. The summed E-state index contributed by atoms with van der Waals surface area (Å²) in [5.41, 5.74) is 7.24. The number of hydrogen-bond donors (Lipinski definition) is 2. The van der Waals surface area contributed by atoms with Crippen molar-refractivity contribution in [2.45, 2.75) is 44.6 Å². The number of para-hydroxylation sites is 1. The van der Waals surface area contributed by atoms with Crippen LogP contribution in [0.25, 0.3) is 0 Å². The van der Waals surface area contributed by atoms with Crippen LogP contribution in [0.3, 0.4) is 0 Å². The van der Waals surface area contributed by atoms with Crippen LogP contribution in [0.1, 0.15) is 37.7 Å². The first-order chi connectivity index (χ1) is 10.2. The van der Waals surface area contributed by atoms with Gasteiger partial charge in [0.05, 0.1) is 13.0 Å². The Labute approximate surface area is 127 Å². The summed E-state index contributed by atoms with van der Waals surface area (Å²) in [7, 11) is 1.67. The zero-order valence-corrected chi connectivity index (χ0v) is 12.8. The molecule has 1 saturated carbocycles. The quantitative estimate of drug-likeness (QED) is 0.818. The van der Waals surface area contributed by atoms with E-state index >= 15 is 0 Å². The van der Waals surface area contributed by atoms with Crippen LogP contribution in [0.2, 0.25) is 0 Å². The Morgan fingerprint density at radius 1 is 1.29 bits per heavy atom. The predicted octanol–water partition coefficient (Wildman–Crippen LogP) is 2.26. The molecule has 2 atom stereocenters. The van der Waals surface area contributed by atoms with Crippen LogP contribution in [0.15, 0.2) is 24.3 Å². The number of ether oxygens (including phenoxy) is 1. The van der Waals surface area contributed by atoms with E-state index in [1.54, 1.807) is 7.11 Å². The van der Waals surface area contributed by atoms with Gasteiger partial charge in [-0.15, -0.1) is 0 Å². The molecule has 0 bridgehead atoms. The predicted molar refractivity (Wildman–Crippen MR) is 84.3 cm³/mol. The van der Waals surface area contributed by atoms with E-state index in [0.717, 1.165) is 43.4 Å². The number of carbonyl (C=O) groups excluding carboxylic acids is 1. The molecule has 2 unspecified atom stereocenters. The average Bonchev–Trinajstić information content (AvgIpc) is 2.72. The number of carbonyl (C=O) groups is 1. The fourth-order valence-corrected chi connectivity index (χ4v) is 3.02. The topological polar surface area (TPSA) is 64.3 Å². The van der Waals surface area contributed by atoms with Crippen LogP contribution >= 0.6 is 0 Å². The molecule has 1 aromatic rings. The fourth-order valence-electron chi connectivity index (χ4n) is 3.02. The molecule has 0 aliphatic heterocycles. The van der Waals surface area contributed by atoms with Gasteiger partial charge in [0.25, 0.3) is 0 Å². The van der Waals surface area contributed by atoms with Gasteiger partial charge in [0.1, 0.15) is 5.75 Å². The highest BCUT2D eigenvalue weighted by Crippen LogP contribution is 2.22. The smallest absolute Gasteiger partial charge is 0.224 e. The van der Waals surface area contributed by atoms with Crippen molar-refractivity contribution >= 4 is 5.91 Å². The largest absolute Gasteiger partial charge is 0.496 e. The molecule has 0 aromatic heterocycles. The Balaban J connectivity index is 1.83. The number of nitrogens with one attached hydrogen (secondary N) is 1. The lowest BCUT2D eigenvalue weighted by Gasteiger charge is -2.20. The molecule has 1 aromatic carbocycles. The van der Waals surface area contributed by atoms with Crippen LogP contribution in [0.5, 0.6) is 5.75 Å². The molecule has 0 spiro atoms. The summed E-state index contributed by atoms with van der Waals surface area (Å²) in [6.45, 7) is 0.627. The molecule has 4 nitrogen and oxygen atoms in total. The molecular weight excluding hydrogens is 264 g/mol. The van der Waals surface area contributed by atoms with Crippen molar-refractivity contribution in [2.24, 2.45) is 11.7 Å². The number of benzene rings is 1. The van der Waals surface area contributed by atoms with E-state index in [9.17, 15) is 4.79 Å². The molecule has 1 fully saturated rings. The molecule has 1 amide bonds. The molecule has 0 heterocycles. The first kappa shape index (κ1) is 15.8. The minimum Gasteiger partial charge on any atom is -0.496 e. The maximum absolute atomic E-state index is 12.3.